The monoisotopic (exact) mass is 1680 g/mol. The normalized spacial score (nSPS) is 20.7. The van der Waals surface area contributed by atoms with E-state index in [9.17, 15) is 4.79 Å². The molecule has 34 heteroatoms. The summed E-state index contributed by atoms with van der Waals surface area (Å²) in [5.41, 5.74) is 15.0. The highest BCUT2D eigenvalue weighted by Gasteiger charge is 2.46. The number of pyridine rings is 4. The van der Waals surface area contributed by atoms with Gasteiger partial charge in [0.2, 0.25) is 29.7 Å². The first-order valence-corrected chi connectivity index (χ1v) is 45.8. The van der Waals surface area contributed by atoms with Crippen molar-refractivity contribution >= 4 is 139 Å². The molecule has 11 aromatic heterocycles. The van der Waals surface area contributed by atoms with E-state index >= 15 is 0 Å². The van der Waals surface area contributed by atoms with E-state index < -0.39 is 0 Å². The number of anilines is 12. The zero-order chi connectivity index (χ0) is 83.6. The average Bonchev–Trinajstić information content (AvgIpc) is 1.61. The molecule has 4 spiro atoms. The summed E-state index contributed by atoms with van der Waals surface area (Å²) in [4.78, 5) is 96.6. The number of nitrogens with zero attached hydrogens (tertiary/aromatic N) is 24. The minimum Gasteiger partial charge on any atom is -0.368 e. The molecule has 8 fully saturated rings. The first-order chi connectivity index (χ1) is 61.6. The van der Waals surface area contributed by atoms with Gasteiger partial charge in [-0.25, -0.2) is 64.3 Å². The number of aromatic nitrogens is 17. The van der Waals surface area contributed by atoms with E-state index in [-0.39, 0.29) is 27.8 Å². The second-order valence-electron chi connectivity index (χ2n) is 35.6. The number of rotatable bonds is 12. The fourth-order valence-corrected chi connectivity index (χ4v) is 21.4. The van der Waals surface area contributed by atoms with Crippen molar-refractivity contribution < 1.29 is 4.79 Å². The maximum atomic E-state index is 12.7. The van der Waals surface area contributed by atoms with Gasteiger partial charge in [0.15, 0.2) is 22.9 Å². The van der Waals surface area contributed by atoms with Crippen LogP contribution >= 0.6 is 0 Å². The van der Waals surface area contributed by atoms with E-state index in [1.54, 1.807) is 23.2 Å². The smallest absolute Gasteiger partial charge is 0.232 e. The summed E-state index contributed by atoms with van der Waals surface area (Å²) < 4.78 is 6.19. The van der Waals surface area contributed by atoms with Crippen LogP contribution in [-0.2, 0) is 23.0 Å². The molecule has 34 nitrogen and oxygen atoms in total. The second kappa shape index (κ2) is 35.2. The first kappa shape index (κ1) is 80.2. The van der Waals surface area contributed by atoms with Crippen molar-refractivity contribution in [2.24, 2.45) is 20.4 Å². The van der Waals surface area contributed by atoms with Crippen LogP contribution in [-0.4, -0.2) is 219 Å². The Hall–Kier alpha value is -12.0. The minimum atomic E-state index is -0.224. The maximum Gasteiger partial charge on any atom is 0.232 e. The topological polar surface area (TPSA) is 370 Å². The van der Waals surface area contributed by atoms with E-state index in [1.807, 2.05) is 73.7 Å². The van der Waals surface area contributed by atoms with Crippen molar-refractivity contribution in [1.29, 1.82) is 0 Å². The number of imidazole rings is 1. The number of hydrogen-bond donors (Lipinski definition) is 9. The number of allylic oxidation sites excluding steroid dienone is 2. The van der Waals surface area contributed by atoms with Gasteiger partial charge in [0.05, 0.1) is 94.1 Å². The lowest BCUT2D eigenvalue weighted by molar-refractivity contribution is 0.0807. The third kappa shape index (κ3) is 16.5. The van der Waals surface area contributed by atoms with Crippen LogP contribution in [0.15, 0.2) is 125 Å². The van der Waals surface area contributed by atoms with Crippen molar-refractivity contribution in [3.05, 3.63) is 133 Å². The highest BCUT2D eigenvalue weighted by atomic mass is 16.1. The molecule has 125 heavy (non-hydrogen) atoms. The zero-order valence-corrected chi connectivity index (χ0v) is 71.2. The number of carbonyl (C=O) groups is 1. The Morgan fingerprint density at radius 1 is 0.400 bits per heavy atom. The van der Waals surface area contributed by atoms with Gasteiger partial charge >= 0.3 is 0 Å². The standard InChI is InChI=1S/C24H29N7.C23H28N8O.2C22H27N9/c1-2-6-24(7-3-1)8-9-26-19-14-17-15-28-23(30-22(17)21(19)24)29-20-5-4-18(16-27-20)31-12-10-25-11-13-31;32-19-15-27-23(6-2-1-3-7-23)31-18(19)12-16-13-26-22(29-21(16)31)28-20-5-4-17(14-25-20)30-10-8-24-9-11-30;1-2-6-22(7-3-1)8-9-24-21-27-17-15-26-20(29-19(17)31(21)22)28-18-5-4-16(14-25-18)30-12-10-23-11-13-30;1-2-6-22(7-3-1)8-9-24-19-18(22)20-28-21(26-15-31(20)29-19)27-17-5-4-16(14-25-17)30-12-10-23-11-13-30/h4-5,9,15-16,25H,1-3,6-8,10-14H2,(H,27,28,29,30);4-5,12-14,24,27H,1-3,6-11,15H2,(H,25,26,28,29);4-5,9,14-15,23H,1-3,6-8,10-13H2,(H,25,26,28,29);4-5,9,14-15,23H,1-3,6-8,10-13H2,(H,25,27,28). The molecule has 646 valence electrons. The number of fused-ring (bicyclic) bond motifs is 15. The molecule has 11 aromatic rings. The minimum absolute atomic E-state index is 0.0545. The Kier molecular flexibility index (Phi) is 22.6. The van der Waals surface area contributed by atoms with Crippen LogP contribution in [0.3, 0.4) is 0 Å². The van der Waals surface area contributed by atoms with Crippen LogP contribution in [0.4, 0.5) is 81.6 Å². The Bertz CT molecular complexity index is 5630. The second-order valence-corrected chi connectivity index (χ2v) is 35.6. The van der Waals surface area contributed by atoms with Gasteiger partial charge in [0.1, 0.15) is 40.8 Å². The van der Waals surface area contributed by atoms with E-state index in [4.69, 9.17) is 29.9 Å². The van der Waals surface area contributed by atoms with Gasteiger partial charge in [-0.3, -0.25) is 19.7 Å². The van der Waals surface area contributed by atoms with Crippen molar-refractivity contribution in [3.8, 4) is 0 Å². The number of nitrogens with one attached hydrogen (secondary N) is 9. The molecule has 4 saturated heterocycles. The number of Topliss-reactive ketones (excluding diaryl/α,β-unsaturated/α-hetero) is 1. The lowest BCUT2D eigenvalue weighted by atomic mass is 9.65. The molecule has 0 bridgehead atoms. The van der Waals surface area contributed by atoms with Gasteiger partial charge in [-0.1, -0.05) is 64.2 Å². The SMILES string of the molecule is C1=NC2=C(c3nc(Nc4ccc(N5CCNCC5)cn4)ncc3C2)C2(C1)CCCCC2.C1=Nc2nc3cnc(Nc4ccc(N5CCNCC5)cn4)nc3n2C2(C1)CCCCC2.C1=Nc2nn3cnc(Nc4ccc(N5CCNCC5)cn4)nc3c2C2(C1)CCCCC2.O=C1CNC2(CCCCC2)n2c1cc1cnc(Nc3ccc(N4CCNCC4)cn3)nc12. The molecule has 0 amide bonds. The van der Waals surface area contributed by atoms with E-state index in [0.717, 1.165) is 260 Å². The van der Waals surface area contributed by atoms with Gasteiger partial charge in [0, 0.05) is 176 Å². The average molecular weight is 1680 g/mol. The van der Waals surface area contributed by atoms with E-state index in [1.165, 1.54) is 112 Å². The lowest BCUT2D eigenvalue weighted by Crippen LogP contribution is -2.55. The summed E-state index contributed by atoms with van der Waals surface area (Å²) in [5, 5.41) is 35.7. The Balaban J connectivity index is 0.000000102. The van der Waals surface area contributed by atoms with Crippen molar-refractivity contribution in [2.75, 3.05) is 152 Å². The molecule has 0 unspecified atom stereocenters. The molecular formula is C91H111N33O. The predicted molar refractivity (Wildman–Crippen MR) is 490 cm³/mol. The summed E-state index contributed by atoms with van der Waals surface area (Å²) >= 11 is 0. The van der Waals surface area contributed by atoms with Crippen LogP contribution in [0.2, 0.25) is 0 Å². The van der Waals surface area contributed by atoms with Crippen LogP contribution in [0.5, 0.6) is 0 Å². The quantitative estimate of drug-likeness (QED) is 0.0548. The van der Waals surface area contributed by atoms with E-state index in [0.29, 0.717) is 36.2 Å². The molecule has 13 aliphatic rings. The van der Waals surface area contributed by atoms with Gasteiger partial charge in [0.25, 0.3) is 0 Å². The Labute approximate surface area is 726 Å². The third-order valence-corrected chi connectivity index (χ3v) is 27.9. The van der Waals surface area contributed by atoms with Gasteiger partial charge in [-0.15, -0.1) is 5.10 Å². The van der Waals surface area contributed by atoms with Crippen LogP contribution in [0, 0.1) is 5.41 Å². The van der Waals surface area contributed by atoms with Crippen molar-refractivity contribution in [2.45, 2.75) is 171 Å². The zero-order valence-electron chi connectivity index (χ0n) is 71.2. The summed E-state index contributed by atoms with van der Waals surface area (Å²) in [5.74, 6) is 6.82. The maximum absolute atomic E-state index is 12.7. The van der Waals surface area contributed by atoms with E-state index in [2.05, 4.69) is 162 Å². The summed E-state index contributed by atoms with van der Waals surface area (Å²) in [6.45, 7) is 16.5. The molecule has 4 saturated carbocycles. The third-order valence-electron chi connectivity index (χ3n) is 27.9. The highest BCUT2D eigenvalue weighted by molar-refractivity contribution is 6.02. The Morgan fingerprint density at radius 3 is 1.41 bits per heavy atom. The van der Waals surface area contributed by atoms with Gasteiger partial charge in [-0.05, 0) is 132 Å². The molecule has 9 N–H and O–H groups in total. The summed E-state index contributed by atoms with van der Waals surface area (Å²) in [6.07, 6.45) is 49.3. The number of hydrogen-bond acceptors (Lipinski definition) is 31. The lowest BCUT2D eigenvalue weighted by Gasteiger charge is -2.43. The first-order valence-electron chi connectivity index (χ1n) is 45.8. The molecule has 8 aliphatic heterocycles. The molecule has 19 heterocycles. The van der Waals surface area contributed by atoms with Crippen molar-refractivity contribution in [3.63, 3.8) is 0 Å². The number of aliphatic imine (C=N–C) groups is 3. The molecule has 0 radical (unpaired) electrons. The number of piperazine rings is 4. The molecule has 0 atom stereocenters. The van der Waals surface area contributed by atoms with Crippen LogP contribution in [0.1, 0.15) is 175 Å². The van der Waals surface area contributed by atoms with Crippen LogP contribution < -0.4 is 67.5 Å². The van der Waals surface area contributed by atoms with Crippen molar-refractivity contribution in [1.82, 2.24) is 110 Å². The fourth-order valence-electron chi connectivity index (χ4n) is 21.4. The molecular weight excluding hydrogens is 1570 g/mol. The van der Waals surface area contributed by atoms with Gasteiger partial charge in [-0.2, -0.15) is 15.0 Å². The number of ketones is 1. The highest BCUT2D eigenvalue weighted by Crippen LogP contribution is 2.56. The molecule has 24 rings (SSSR count). The Morgan fingerprint density at radius 2 is 0.864 bits per heavy atom. The molecule has 5 aliphatic carbocycles. The summed E-state index contributed by atoms with van der Waals surface area (Å²) in [6, 6.07) is 18.3. The molecule has 0 aromatic carbocycles. The van der Waals surface area contributed by atoms with Crippen LogP contribution in [0.25, 0.3) is 33.4 Å². The van der Waals surface area contributed by atoms with Gasteiger partial charge < -0.3 is 66.7 Å². The predicted octanol–water partition coefficient (Wildman–Crippen LogP) is 12.2. The fraction of sp³-hybridized carbons (Fsp3) is 0.495. The summed E-state index contributed by atoms with van der Waals surface area (Å²) in [7, 11) is 0. The largest absolute Gasteiger partial charge is 0.368 e. The number of carbonyl (C=O) groups excluding carboxylic acids is 1.